The van der Waals surface area contributed by atoms with Gasteiger partial charge in [-0.15, -0.1) is 0 Å². The second kappa shape index (κ2) is 1.62. The van der Waals surface area contributed by atoms with Gasteiger partial charge in [0.1, 0.15) is 0 Å². The molecule has 0 aromatic carbocycles. The Hall–Kier alpha value is -1.26. The van der Waals surface area contributed by atoms with Crippen LogP contribution in [-0.4, -0.2) is 14.3 Å². The lowest BCUT2D eigenvalue weighted by Gasteiger charge is -1.90. The molecule has 0 saturated carbocycles. The second-order valence-corrected chi connectivity index (χ2v) is 2.34. The highest BCUT2D eigenvalue weighted by molar-refractivity contribution is 4.71. The van der Waals surface area contributed by atoms with E-state index in [0.717, 1.165) is 6.42 Å². The number of aromatic nitrogens is 3. The Morgan fingerprint density at radius 2 is 1.60 bits per heavy atom. The summed E-state index contributed by atoms with van der Waals surface area (Å²) in [4.78, 5) is 23.8. The summed E-state index contributed by atoms with van der Waals surface area (Å²) in [7, 11) is 0. The Labute approximate surface area is 55.9 Å². The van der Waals surface area contributed by atoms with Gasteiger partial charge in [-0.05, 0) is 6.42 Å². The number of rotatable bonds is 0. The molecule has 1 aliphatic rings. The zero-order valence-electron chi connectivity index (χ0n) is 5.33. The van der Waals surface area contributed by atoms with E-state index in [2.05, 4.69) is 4.98 Å². The third-order valence-electron chi connectivity index (χ3n) is 1.71. The van der Waals surface area contributed by atoms with Gasteiger partial charge in [0.2, 0.25) is 0 Å². The van der Waals surface area contributed by atoms with Crippen molar-refractivity contribution < 1.29 is 0 Å². The fourth-order valence-corrected chi connectivity index (χ4v) is 1.25. The molecule has 0 spiro atoms. The van der Waals surface area contributed by atoms with Gasteiger partial charge in [-0.1, -0.05) is 0 Å². The van der Waals surface area contributed by atoms with Crippen LogP contribution in [-0.2, 0) is 13.1 Å². The summed E-state index contributed by atoms with van der Waals surface area (Å²) < 4.78 is 2.87. The van der Waals surface area contributed by atoms with Crippen molar-refractivity contribution in [1.82, 2.24) is 14.3 Å². The lowest BCUT2D eigenvalue weighted by molar-refractivity contribution is 0.580. The molecule has 2 heterocycles. The van der Waals surface area contributed by atoms with Gasteiger partial charge in [0.15, 0.2) is 0 Å². The van der Waals surface area contributed by atoms with E-state index in [1.165, 1.54) is 9.36 Å². The van der Waals surface area contributed by atoms with E-state index in [1.807, 2.05) is 0 Å². The summed E-state index contributed by atoms with van der Waals surface area (Å²) in [5, 5.41) is 0. The highest BCUT2D eigenvalue weighted by Crippen LogP contribution is 1.96. The molecule has 5 nitrogen and oxygen atoms in total. The monoisotopic (exact) mass is 141 g/mol. The highest BCUT2D eigenvalue weighted by atomic mass is 16.2. The molecule has 54 valence electrons. The van der Waals surface area contributed by atoms with Crippen molar-refractivity contribution in [1.29, 1.82) is 0 Å². The first kappa shape index (κ1) is 5.52. The molecule has 0 saturated heterocycles. The summed E-state index contributed by atoms with van der Waals surface area (Å²) in [5.41, 5.74) is -0.579. The summed E-state index contributed by atoms with van der Waals surface area (Å²) in [5.74, 6) is 0. The van der Waals surface area contributed by atoms with Crippen LogP contribution < -0.4 is 11.4 Å². The molecular weight excluding hydrogens is 134 g/mol. The molecule has 0 bridgehead atoms. The Bertz CT molecular complexity index is 323. The number of H-pyrrole nitrogens is 1. The van der Waals surface area contributed by atoms with Gasteiger partial charge in [-0.2, -0.15) is 0 Å². The van der Waals surface area contributed by atoms with Crippen molar-refractivity contribution in [2.45, 2.75) is 19.5 Å². The molecule has 0 amide bonds. The number of aromatic amines is 1. The van der Waals surface area contributed by atoms with E-state index in [9.17, 15) is 9.59 Å². The molecule has 1 aromatic heterocycles. The maximum absolute atomic E-state index is 10.8. The summed E-state index contributed by atoms with van der Waals surface area (Å²) in [6.07, 6.45) is 0.888. The molecule has 0 unspecified atom stereocenters. The number of hydrogen-bond acceptors (Lipinski definition) is 2. The van der Waals surface area contributed by atoms with E-state index >= 15 is 0 Å². The average molecular weight is 141 g/mol. The first-order valence-corrected chi connectivity index (χ1v) is 3.19. The normalized spacial score (nSPS) is 15.6. The van der Waals surface area contributed by atoms with Gasteiger partial charge in [-0.3, -0.25) is 4.98 Å². The van der Waals surface area contributed by atoms with E-state index in [-0.39, 0.29) is 11.4 Å². The van der Waals surface area contributed by atoms with Crippen LogP contribution in [0.2, 0.25) is 0 Å². The maximum Gasteiger partial charge on any atom is 0.344 e. The third-order valence-corrected chi connectivity index (χ3v) is 1.71. The topological polar surface area (TPSA) is 59.8 Å². The van der Waals surface area contributed by atoms with E-state index in [4.69, 9.17) is 0 Å². The second-order valence-electron chi connectivity index (χ2n) is 2.34. The van der Waals surface area contributed by atoms with E-state index in [1.54, 1.807) is 0 Å². The minimum Gasteiger partial charge on any atom is -0.257 e. The molecule has 0 aliphatic carbocycles. The molecule has 1 aromatic rings. The van der Waals surface area contributed by atoms with Gasteiger partial charge >= 0.3 is 11.4 Å². The van der Waals surface area contributed by atoms with E-state index in [0.29, 0.717) is 13.1 Å². The van der Waals surface area contributed by atoms with Crippen molar-refractivity contribution in [2.75, 3.05) is 0 Å². The molecule has 0 fully saturated rings. The van der Waals surface area contributed by atoms with E-state index < -0.39 is 0 Å². The number of hydrogen-bond donors (Lipinski definition) is 1. The molecule has 5 heteroatoms. The molecule has 1 N–H and O–H groups in total. The molecule has 0 radical (unpaired) electrons. The first-order valence-electron chi connectivity index (χ1n) is 3.19. The predicted molar refractivity (Wildman–Crippen MR) is 33.9 cm³/mol. The number of nitrogens with zero attached hydrogens (tertiary/aromatic N) is 2. The average Bonchev–Trinajstić information content (AvgIpc) is 2.39. The Morgan fingerprint density at radius 1 is 1.10 bits per heavy atom. The van der Waals surface area contributed by atoms with Crippen LogP contribution in [0.4, 0.5) is 0 Å². The number of fused-ring (bicyclic) bond motifs is 1. The SMILES string of the molecule is O=c1[nH]c(=O)n2n1CCC2. The maximum atomic E-state index is 10.8. The fourth-order valence-electron chi connectivity index (χ4n) is 1.25. The van der Waals surface area contributed by atoms with Crippen LogP contribution >= 0.6 is 0 Å². The summed E-state index contributed by atoms with van der Waals surface area (Å²) >= 11 is 0. The Kier molecular flexibility index (Phi) is 0.893. The Balaban J connectivity index is 2.85. The smallest absolute Gasteiger partial charge is 0.257 e. The van der Waals surface area contributed by atoms with Crippen molar-refractivity contribution in [3.8, 4) is 0 Å². The third kappa shape index (κ3) is 0.516. The van der Waals surface area contributed by atoms with Crippen LogP contribution in [0, 0.1) is 0 Å². The number of nitrogens with one attached hydrogen (secondary N) is 1. The molecule has 2 rings (SSSR count). The molecular formula is C5H7N3O2. The van der Waals surface area contributed by atoms with Gasteiger partial charge in [-0.25, -0.2) is 19.0 Å². The van der Waals surface area contributed by atoms with Gasteiger partial charge in [0.25, 0.3) is 0 Å². The fraction of sp³-hybridized carbons (Fsp3) is 0.600. The first-order chi connectivity index (χ1) is 4.79. The zero-order valence-corrected chi connectivity index (χ0v) is 5.33. The van der Waals surface area contributed by atoms with Crippen molar-refractivity contribution in [3.63, 3.8) is 0 Å². The summed E-state index contributed by atoms with van der Waals surface area (Å²) in [6.45, 7) is 1.33. The standard InChI is InChI=1S/C5H7N3O2/c9-4-6-5(10)8-3-1-2-7(4)8/h1-3H2,(H,6,9,10). The van der Waals surface area contributed by atoms with Gasteiger partial charge < -0.3 is 0 Å². The largest absolute Gasteiger partial charge is 0.344 e. The minimum absolute atomic E-state index is 0.289. The quantitative estimate of drug-likeness (QED) is 0.490. The lowest BCUT2D eigenvalue weighted by atomic mass is 10.5. The molecule has 10 heavy (non-hydrogen) atoms. The van der Waals surface area contributed by atoms with Crippen LogP contribution in [0.1, 0.15) is 6.42 Å². The van der Waals surface area contributed by atoms with Crippen LogP contribution in [0.3, 0.4) is 0 Å². The minimum atomic E-state index is -0.289. The predicted octanol–water partition coefficient (Wildman–Crippen LogP) is -1.26. The zero-order chi connectivity index (χ0) is 7.14. The lowest BCUT2D eigenvalue weighted by Crippen LogP contribution is -2.18. The van der Waals surface area contributed by atoms with Crippen molar-refractivity contribution >= 4 is 0 Å². The Morgan fingerprint density at radius 3 is 2.10 bits per heavy atom. The summed E-state index contributed by atoms with van der Waals surface area (Å²) in [6, 6.07) is 0. The molecule has 1 aliphatic heterocycles. The van der Waals surface area contributed by atoms with Gasteiger partial charge in [0.05, 0.1) is 0 Å². The van der Waals surface area contributed by atoms with Crippen LogP contribution in [0.25, 0.3) is 0 Å². The van der Waals surface area contributed by atoms with Crippen LogP contribution in [0.15, 0.2) is 9.59 Å². The van der Waals surface area contributed by atoms with Gasteiger partial charge in [0, 0.05) is 13.1 Å². The van der Waals surface area contributed by atoms with Crippen LogP contribution in [0.5, 0.6) is 0 Å². The van der Waals surface area contributed by atoms with Crippen molar-refractivity contribution in [3.05, 3.63) is 21.0 Å². The molecule has 0 atom stereocenters. The highest BCUT2D eigenvalue weighted by Gasteiger charge is 2.13. The van der Waals surface area contributed by atoms with Crippen molar-refractivity contribution in [2.24, 2.45) is 0 Å².